The van der Waals surface area contributed by atoms with Crippen LogP contribution in [0.25, 0.3) is 0 Å². The van der Waals surface area contributed by atoms with Crippen molar-refractivity contribution in [2.75, 3.05) is 10.6 Å². The van der Waals surface area contributed by atoms with Gasteiger partial charge in [0.15, 0.2) is 0 Å². The molecule has 110 valence electrons. The Morgan fingerprint density at radius 2 is 1.91 bits per heavy atom. The van der Waals surface area contributed by atoms with Gasteiger partial charge in [0.2, 0.25) is 5.91 Å². The van der Waals surface area contributed by atoms with E-state index >= 15 is 0 Å². The second-order valence-electron chi connectivity index (χ2n) is 4.22. The van der Waals surface area contributed by atoms with Crippen LogP contribution in [0.1, 0.15) is 16.9 Å². The molecule has 3 N–H and O–H groups in total. The Bertz CT molecular complexity index is 786. The van der Waals surface area contributed by atoms with Crippen LogP contribution in [0.15, 0.2) is 41.2 Å². The zero-order chi connectivity index (χ0) is 15.9. The van der Waals surface area contributed by atoms with E-state index in [1.807, 2.05) is 0 Å². The lowest BCUT2D eigenvalue weighted by Crippen LogP contribution is -2.17. The number of H-pyrrole nitrogens is 1. The van der Waals surface area contributed by atoms with Crippen LogP contribution < -0.4 is 16.2 Å². The lowest BCUT2D eigenvalue weighted by molar-refractivity contribution is -0.115. The van der Waals surface area contributed by atoms with Gasteiger partial charge in [0, 0.05) is 17.4 Å². The summed E-state index contributed by atoms with van der Waals surface area (Å²) in [5, 5.41) is 19.3. The minimum absolute atomic E-state index is 0.0542. The van der Waals surface area contributed by atoms with Crippen molar-refractivity contribution < 1.29 is 9.59 Å². The maximum Gasteiger partial charge on any atom is 0.276 e. The van der Waals surface area contributed by atoms with Gasteiger partial charge < -0.3 is 10.6 Å². The van der Waals surface area contributed by atoms with E-state index in [0.717, 1.165) is 0 Å². The van der Waals surface area contributed by atoms with E-state index in [1.54, 1.807) is 30.3 Å². The van der Waals surface area contributed by atoms with Crippen LogP contribution in [0.5, 0.6) is 0 Å². The molecule has 1 heterocycles. The van der Waals surface area contributed by atoms with Crippen molar-refractivity contribution in [1.29, 1.82) is 5.26 Å². The van der Waals surface area contributed by atoms with Crippen molar-refractivity contribution in [1.82, 2.24) is 10.2 Å². The summed E-state index contributed by atoms with van der Waals surface area (Å²) in [6, 6.07) is 10.7. The molecule has 0 unspecified atom stereocenters. The van der Waals surface area contributed by atoms with E-state index in [-0.39, 0.29) is 12.1 Å². The molecule has 0 bridgehead atoms. The Kier molecular flexibility index (Phi) is 4.62. The second kappa shape index (κ2) is 6.81. The third-order valence-corrected chi connectivity index (χ3v) is 2.56. The molecule has 0 aliphatic rings. The van der Waals surface area contributed by atoms with Crippen LogP contribution in [0, 0.1) is 11.3 Å². The third kappa shape index (κ3) is 4.01. The zero-order valence-electron chi connectivity index (χ0n) is 11.3. The molecule has 8 nitrogen and oxygen atoms in total. The number of hydrogen-bond donors (Lipinski definition) is 3. The number of aromatic nitrogens is 2. The maximum absolute atomic E-state index is 11.9. The molecule has 2 rings (SSSR count). The van der Waals surface area contributed by atoms with Gasteiger partial charge in [-0.1, -0.05) is 6.07 Å². The molecule has 0 atom stereocenters. The molecule has 0 saturated heterocycles. The fraction of sp³-hybridized carbons (Fsp3) is 0.0714. The first-order chi connectivity index (χ1) is 10.6. The molecular weight excluding hydrogens is 286 g/mol. The first kappa shape index (κ1) is 14.9. The summed E-state index contributed by atoms with van der Waals surface area (Å²) in [6.45, 7) is 0. The molecule has 2 aromatic rings. The Hall–Kier alpha value is -3.47. The normalized spacial score (nSPS) is 9.59. The quantitative estimate of drug-likeness (QED) is 0.771. The van der Waals surface area contributed by atoms with Gasteiger partial charge in [-0.25, -0.2) is 5.10 Å². The lowest BCUT2D eigenvalue weighted by atomic mass is 10.2. The van der Waals surface area contributed by atoms with Crippen LogP contribution in [0.4, 0.5) is 11.4 Å². The number of nitrogens with one attached hydrogen (secondary N) is 3. The van der Waals surface area contributed by atoms with Crippen molar-refractivity contribution >= 4 is 23.2 Å². The van der Waals surface area contributed by atoms with Gasteiger partial charge in [0.1, 0.15) is 12.1 Å². The van der Waals surface area contributed by atoms with E-state index in [0.29, 0.717) is 11.4 Å². The predicted molar refractivity (Wildman–Crippen MR) is 78.1 cm³/mol. The largest absolute Gasteiger partial charge is 0.325 e. The smallest absolute Gasteiger partial charge is 0.276 e. The first-order valence-electron chi connectivity index (χ1n) is 6.22. The Morgan fingerprint density at radius 1 is 1.18 bits per heavy atom. The lowest BCUT2D eigenvalue weighted by Gasteiger charge is -2.07. The number of carbonyl (C=O) groups is 2. The zero-order valence-corrected chi connectivity index (χ0v) is 11.3. The topological polar surface area (TPSA) is 128 Å². The first-order valence-corrected chi connectivity index (χ1v) is 6.22. The van der Waals surface area contributed by atoms with Gasteiger partial charge in [0.25, 0.3) is 11.5 Å². The van der Waals surface area contributed by atoms with Crippen molar-refractivity contribution in [3.8, 4) is 6.07 Å². The van der Waals surface area contributed by atoms with E-state index in [1.165, 1.54) is 12.1 Å². The van der Waals surface area contributed by atoms with Gasteiger partial charge in [-0.2, -0.15) is 10.4 Å². The molecule has 0 fully saturated rings. The number of nitriles is 1. The monoisotopic (exact) mass is 297 g/mol. The van der Waals surface area contributed by atoms with Crippen LogP contribution >= 0.6 is 0 Å². The number of carbonyl (C=O) groups excluding carboxylic acids is 2. The average Bonchev–Trinajstić information content (AvgIpc) is 2.48. The second-order valence-corrected chi connectivity index (χ2v) is 4.22. The van der Waals surface area contributed by atoms with Crippen molar-refractivity contribution in [2.45, 2.75) is 6.42 Å². The summed E-state index contributed by atoms with van der Waals surface area (Å²) in [6.07, 6.45) is -0.252. The Morgan fingerprint density at radius 3 is 2.55 bits per heavy atom. The summed E-state index contributed by atoms with van der Waals surface area (Å²) in [4.78, 5) is 34.2. The fourth-order valence-corrected chi connectivity index (χ4v) is 1.62. The van der Waals surface area contributed by atoms with Crippen LogP contribution in [0.3, 0.4) is 0 Å². The molecule has 0 aliphatic heterocycles. The molecule has 1 aromatic carbocycles. The Labute approximate surface area is 124 Å². The SMILES string of the molecule is N#CCC(=O)Nc1cccc(NC(=O)c2ccc(=O)[nH]n2)c1. The van der Waals surface area contributed by atoms with Crippen LogP contribution in [0.2, 0.25) is 0 Å². The van der Waals surface area contributed by atoms with Crippen molar-refractivity contribution in [3.05, 3.63) is 52.4 Å². The number of rotatable bonds is 4. The van der Waals surface area contributed by atoms with E-state index < -0.39 is 17.4 Å². The molecule has 0 saturated carbocycles. The highest BCUT2D eigenvalue weighted by Crippen LogP contribution is 2.15. The fourth-order valence-electron chi connectivity index (χ4n) is 1.62. The highest BCUT2D eigenvalue weighted by molar-refractivity contribution is 6.03. The molecule has 1 aromatic heterocycles. The predicted octanol–water partition coefficient (Wildman–Crippen LogP) is 0.874. The van der Waals surface area contributed by atoms with Crippen molar-refractivity contribution in [3.63, 3.8) is 0 Å². The van der Waals surface area contributed by atoms with Gasteiger partial charge >= 0.3 is 0 Å². The molecule has 0 spiro atoms. The minimum atomic E-state index is -0.503. The number of anilines is 2. The van der Waals surface area contributed by atoms with E-state index in [4.69, 9.17) is 5.26 Å². The van der Waals surface area contributed by atoms with Crippen LogP contribution in [-0.4, -0.2) is 22.0 Å². The van der Waals surface area contributed by atoms with Crippen molar-refractivity contribution in [2.24, 2.45) is 0 Å². The highest BCUT2D eigenvalue weighted by atomic mass is 16.2. The standard InChI is InChI=1S/C14H11N5O3/c15-7-6-12(20)16-9-2-1-3-10(8-9)17-14(22)11-4-5-13(21)19-18-11/h1-5,8H,6H2,(H,16,20)(H,17,22)(H,19,21). The number of hydrogen-bond acceptors (Lipinski definition) is 5. The summed E-state index contributed by atoms with van der Waals surface area (Å²) in [5.74, 6) is -0.940. The average molecular weight is 297 g/mol. The number of amides is 2. The highest BCUT2D eigenvalue weighted by Gasteiger charge is 2.08. The summed E-state index contributed by atoms with van der Waals surface area (Å²) >= 11 is 0. The molecule has 2 amide bonds. The molecule has 0 aliphatic carbocycles. The summed E-state index contributed by atoms with van der Waals surface area (Å²) in [7, 11) is 0. The Balaban J connectivity index is 2.08. The van der Waals surface area contributed by atoms with E-state index in [2.05, 4.69) is 20.8 Å². The maximum atomic E-state index is 11.9. The van der Waals surface area contributed by atoms with Gasteiger partial charge in [-0.3, -0.25) is 14.4 Å². The number of benzene rings is 1. The minimum Gasteiger partial charge on any atom is -0.325 e. The number of nitrogens with zero attached hydrogens (tertiary/aromatic N) is 2. The molecule has 8 heteroatoms. The third-order valence-electron chi connectivity index (χ3n) is 2.56. The molecule has 0 radical (unpaired) electrons. The number of aromatic amines is 1. The summed E-state index contributed by atoms with van der Waals surface area (Å²) < 4.78 is 0. The molecule has 22 heavy (non-hydrogen) atoms. The van der Waals surface area contributed by atoms with Gasteiger partial charge in [-0.05, 0) is 24.3 Å². The van der Waals surface area contributed by atoms with Crippen LogP contribution in [-0.2, 0) is 4.79 Å². The molecular formula is C14H11N5O3. The van der Waals surface area contributed by atoms with E-state index in [9.17, 15) is 14.4 Å². The van der Waals surface area contributed by atoms with Gasteiger partial charge in [0.05, 0.1) is 6.07 Å². The van der Waals surface area contributed by atoms with Gasteiger partial charge in [-0.15, -0.1) is 0 Å². The summed E-state index contributed by atoms with van der Waals surface area (Å²) in [5.41, 5.74) is 0.539.